The molecule has 0 saturated carbocycles. The van der Waals surface area contributed by atoms with Crippen LogP contribution in [0.2, 0.25) is 0 Å². The minimum absolute atomic E-state index is 0.00114. The number of carbonyl (C=O) groups is 2. The molecule has 7 nitrogen and oxygen atoms in total. The number of aromatic nitrogens is 1. The SMILES string of the molecule is COc1ccc2[nH]c3c(c2c1)CCN1C(=O)CN(CCCOC(C)C)C(=O)[C@@]31C. The van der Waals surface area contributed by atoms with Crippen molar-refractivity contribution in [3.05, 3.63) is 29.5 Å². The second kappa shape index (κ2) is 7.37. The number of methoxy groups -OCH3 is 1. The van der Waals surface area contributed by atoms with Gasteiger partial charge in [0.25, 0.3) is 5.91 Å². The highest BCUT2D eigenvalue weighted by Crippen LogP contribution is 2.42. The number of rotatable bonds is 6. The molecule has 0 radical (unpaired) electrons. The van der Waals surface area contributed by atoms with Crippen molar-refractivity contribution in [1.82, 2.24) is 14.8 Å². The third-order valence-corrected chi connectivity index (χ3v) is 6.08. The standard InChI is InChI=1S/C22H29N3O4/c1-14(2)29-11-5-9-24-13-19(26)25-10-8-16-17-12-15(28-4)6-7-18(17)23-20(16)22(25,3)21(24)27/h6-7,12,14,23H,5,8-11,13H2,1-4H3/t22-/m1/s1. The zero-order valence-corrected chi connectivity index (χ0v) is 17.6. The van der Waals surface area contributed by atoms with Crippen molar-refractivity contribution in [3.8, 4) is 5.75 Å². The maximum atomic E-state index is 13.6. The molecule has 2 aliphatic rings. The van der Waals surface area contributed by atoms with E-state index in [1.165, 1.54) is 0 Å². The molecule has 2 amide bonds. The largest absolute Gasteiger partial charge is 0.497 e. The number of ether oxygens (including phenoxy) is 2. The van der Waals surface area contributed by atoms with Gasteiger partial charge in [-0.1, -0.05) is 0 Å². The van der Waals surface area contributed by atoms with Crippen LogP contribution in [0.5, 0.6) is 5.75 Å². The van der Waals surface area contributed by atoms with Crippen LogP contribution in [0, 0.1) is 0 Å². The van der Waals surface area contributed by atoms with Gasteiger partial charge in [0.1, 0.15) is 5.75 Å². The van der Waals surface area contributed by atoms with E-state index in [0.717, 1.165) is 34.3 Å². The van der Waals surface area contributed by atoms with Crippen molar-refractivity contribution in [3.63, 3.8) is 0 Å². The Hall–Kier alpha value is -2.54. The third-order valence-electron chi connectivity index (χ3n) is 6.08. The lowest BCUT2D eigenvalue weighted by Crippen LogP contribution is -2.67. The summed E-state index contributed by atoms with van der Waals surface area (Å²) < 4.78 is 11.0. The second-order valence-corrected chi connectivity index (χ2v) is 8.26. The lowest BCUT2D eigenvalue weighted by Gasteiger charge is -2.49. The van der Waals surface area contributed by atoms with Crippen LogP contribution in [0.1, 0.15) is 38.4 Å². The van der Waals surface area contributed by atoms with Crippen molar-refractivity contribution in [2.24, 2.45) is 0 Å². The summed E-state index contributed by atoms with van der Waals surface area (Å²) in [6.45, 7) is 7.63. The molecule has 3 heterocycles. The molecule has 4 rings (SSSR count). The van der Waals surface area contributed by atoms with E-state index >= 15 is 0 Å². The van der Waals surface area contributed by atoms with Gasteiger partial charge in [0.05, 0.1) is 25.5 Å². The molecule has 0 spiro atoms. The Labute approximate surface area is 170 Å². The van der Waals surface area contributed by atoms with Gasteiger partial charge in [-0.05, 0) is 57.4 Å². The summed E-state index contributed by atoms with van der Waals surface area (Å²) in [5.74, 6) is 0.754. The van der Waals surface area contributed by atoms with Crippen LogP contribution < -0.4 is 4.74 Å². The van der Waals surface area contributed by atoms with Crippen molar-refractivity contribution in [1.29, 1.82) is 0 Å². The van der Waals surface area contributed by atoms with Crippen LogP contribution in [0.4, 0.5) is 0 Å². The number of carbonyl (C=O) groups excluding carboxylic acids is 2. The molecular weight excluding hydrogens is 370 g/mol. The van der Waals surface area contributed by atoms with Gasteiger partial charge in [-0.15, -0.1) is 0 Å². The number of benzene rings is 1. The number of nitrogens with zero attached hydrogens (tertiary/aromatic N) is 2. The van der Waals surface area contributed by atoms with Crippen molar-refractivity contribution in [2.45, 2.75) is 45.3 Å². The number of H-pyrrole nitrogens is 1. The summed E-state index contributed by atoms with van der Waals surface area (Å²) in [5.41, 5.74) is 1.88. The summed E-state index contributed by atoms with van der Waals surface area (Å²) >= 11 is 0. The molecule has 156 valence electrons. The quantitative estimate of drug-likeness (QED) is 0.757. The predicted molar refractivity (Wildman–Crippen MR) is 110 cm³/mol. The fourth-order valence-corrected chi connectivity index (χ4v) is 4.59. The van der Waals surface area contributed by atoms with Crippen LogP contribution >= 0.6 is 0 Å². The van der Waals surface area contributed by atoms with Crippen LogP contribution in [0.3, 0.4) is 0 Å². The number of aromatic amines is 1. The van der Waals surface area contributed by atoms with Crippen LogP contribution in [0.25, 0.3) is 10.9 Å². The summed E-state index contributed by atoms with van der Waals surface area (Å²) in [5, 5.41) is 1.06. The Bertz CT molecular complexity index is 951. The van der Waals surface area contributed by atoms with E-state index in [2.05, 4.69) is 4.98 Å². The van der Waals surface area contributed by atoms with Gasteiger partial charge < -0.3 is 24.3 Å². The molecule has 1 aromatic carbocycles. The van der Waals surface area contributed by atoms with Gasteiger partial charge in [0.2, 0.25) is 5.91 Å². The first-order chi connectivity index (χ1) is 13.9. The van der Waals surface area contributed by atoms with Crippen LogP contribution in [-0.4, -0.2) is 66.1 Å². The lowest BCUT2D eigenvalue weighted by atomic mass is 9.83. The minimum atomic E-state index is -1.01. The Kier molecular flexibility index (Phi) is 5.02. The van der Waals surface area contributed by atoms with Gasteiger partial charge in [-0.2, -0.15) is 0 Å². The Morgan fingerprint density at radius 3 is 2.79 bits per heavy atom. The molecular formula is C22H29N3O4. The molecule has 29 heavy (non-hydrogen) atoms. The molecule has 0 bridgehead atoms. The van der Waals surface area contributed by atoms with Crippen molar-refractivity contribution in [2.75, 3.05) is 33.4 Å². The number of piperazine rings is 1. The maximum Gasteiger partial charge on any atom is 0.254 e. The highest BCUT2D eigenvalue weighted by molar-refractivity contribution is 6.00. The molecule has 2 aliphatic heterocycles. The molecule has 0 unspecified atom stereocenters. The molecule has 2 aromatic rings. The van der Waals surface area contributed by atoms with Gasteiger partial charge >= 0.3 is 0 Å². The number of hydrogen-bond donors (Lipinski definition) is 1. The number of fused-ring (bicyclic) bond motifs is 5. The molecule has 1 saturated heterocycles. The Morgan fingerprint density at radius 2 is 2.07 bits per heavy atom. The van der Waals surface area contributed by atoms with E-state index in [9.17, 15) is 9.59 Å². The van der Waals surface area contributed by atoms with E-state index in [-0.39, 0.29) is 24.5 Å². The maximum absolute atomic E-state index is 13.6. The van der Waals surface area contributed by atoms with Gasteiger partial charge in [-0.25, -0.2) is 0 Å². The highest BCUT2D eigenvalue weighted by atomic mass is 16.5. The van der Waals surface area contributed by atoms with E-state index in [0.29, 0.717) is 26.1 Å². The van der Waals surface area contributed by atoms with E-state index < -0.39 is 5.54 Å². The molecule has 1 N–H and O–H groups in total. The number of nitrogens with one attached hydrogen (secondary N) is 1. The molecule has 0 aliphatic carbocycles. The molecule has 1 atom stereocenters. The summed E-state index contributed by atoms with van der Waals surface area (Å²) in [7, 11) is 1.65. The summed E-state index contributed by atoms with van der Waals surface area (Å²) in [4.78, 5) is 33.4. The van der Waals surface area contributed by atoms with E-state index in [1.54, 1.807) is 16.9 Å². The summed E-state index contributed by atoms with van der Waals surface area (Å²) in [6, 6.07) is 5.87. The van der Waals surface area contributed by atoms with Gasteiger partial charge in [0.15, 0.2) is 5.54 Å². The van der Waals surface area contributed by atoms with Gasteiger partial charge in [0, 0.05) is 30.6 Å². The monoisotopic (exact) mass is 399 g/mol. The topological polar surface area (TPSA) is 74.9 Å². The average Bonchev–Trinajstić information content (AvgIpc) is 3.08. The zero-order valence-electron chi connectivity index (χ0n) is 17.6. The van der Waals surface area contributed by atoms with Crippen LogP contribution in [0.15, 0.2) is 18.2 Å². The summed E-state index contributed by atoms with van der Waals surface area (Å²) in [6.07, 6.45) is 1.59. The third kappa shape index (κ3) is 3.17. The second-order valence-electron chi connectivity index (χ2n) is 8.26. The number of hydrogen-bond acceptors (Lipinski definition) is 4. The fraction of sp³-hybridized carbons (Fsp3) is 0.545. The minimum Gasteiger partial charge on any atom is -0.497 e. The molecule has 7 heteroatoms. The first-order valence-electron chi connectivity index (χ1n) is 10.3. The lowest BCUT2D eigenvalue weighted by molar-refractivity contribution is -0.166. The van der Waals surface area contributed by atoms with Gasteiger partial charge in [-0.3, -0.25) is 9.59 Å². The van der Waals surface area contributed by atoms with E-state index in [4.69, 9.17) is 9.47 Å². The normalized spacial score (nSPS) is 21.7. The average molecular weight is 399 g/mol. The zero-order chi connectivity index (χ0) is 20.8. The van der Waals surface area contributed by atoms with Crippen molar-refractivity contribution >= 4 is 22.7 Å². The van der Waals surface area contributed by atoms with Crippen molar-refractivity contribution < 1.29 is 19.1 Å². The molecule has 1 fully saturated rings. The van der Waals surface area contributed by atoms with E-state index in [1.807, 2.05) is 39.0 Å². The molecule has 1 aromatic heterocycles. The smallest absolute Gasteiger partial charge is 0.254 e. The van der Waals surface area contributed by atoms with Crippen LogP contribution in [-0.2, 0) is 26.3 Å². The predicted octanol–water partition coefficient (Wildman–Crippen LogP) is 2.43. The first kappa shape index (κ1) is 19.8. The Morgan fingerprint density at radius 1 is 1.28 bits per heavy atom. The number of amides is 2. The Balaban J connectivity index is 1.68. The fourth-order valence-electron chi connectivity index (χ4n) is 4.59. The highest BCUT2D eigenvalue weighted by Gasteiger charge is 2.53. The first-order valence-corrected chi connectivity index (χ1v) is 10.3.